The predicted molar refractivity (Wildman–Crippen MR) is 105 cm³/mol. The van der Waals surface area contributed by atoms with Gasteiger partial charge in [0.15, 0.2) is 0 Å². The minimum absolute atomic E-state index is 0.0320. The molecule has 0 radical (unpaired) electrons. The Bertz CT molecular complexity index is 769. The number of amides is 2. The van der Waals surface area contributed by atoms with Crippen molar-refractivity contribution in [3.05, 3.63) is 58.3 Å². The van der Waals surface area contributed by atoms with Crippen molar-refractivity contribution >= 4 is 40.7 Å². The van der Waals surface area contributed by atoms with E-state index in [-0.39, 0.29) is 24.8 Å². The zero-order valence-corrected chi connectivity index (χ0v) is 16.3. The zero-order chi connectivity index (χ0) is 19.1. The monoisotopic (exact) mass is 393 g/mol. The number of pyridine rings is 1. The number of halogens is 2. The Balaban J connectivity index is 1.93. The van der Waals surface area contributed by atoms with E-state index in [2.05, 4.69) is 4.98 Å². The minimum Gasteiger partial charge on any atom is -0.345 e. The van der Waals surface area contributed by atoms with Crippen LogP contribution >= 0.6 is 23.2 Å². The first kappa shape index (κ1) is 20.2. The van der Waals surface area contributed by atoms with Gasteiger partial charge in [-0.25, -0.2) is 0 Å². The second kappa shape index (κ2) is 9.55. The number of likely N-dealkylation sites (N-methyl/N-ethyl adjacent to an activating group) is 1. The minimum atomic E-state index is -0.179. The molecular formula is C19H21Cl2N3O2. The number of carbonyl (C=O) groups excluding carboxylic acids is 2. The van der Waals surface area contributed by atoms with Crippen LogP contribution in [0.15, 0.2) is 42.7 Å². The van der Waals surface area contributed by atoms with Crippen LogP contribution in [-0.4, -0.2) is 41.8 Å². The maximum atomic E-state index is 12.4. The molecule has 0 aliphatic rings. The first-order chi connectivity index (χ1) is 12.4. The van der Waals surface area contributed by atoms with Crippen LogP contribution in [0.25, 0.3) is 0 Å². The van der Waals surface area contributed by atoms with Crippen molar-refractivity contribution < 1.29 is 9.59 Å². The van der Waals surface area contributed by atoms with Crippen LogP contribution in [0.2, 0.25) is 10.0 Å². The second-order valence-electron chi connectivity index (χ2n) is 5.94. The number of hydrogen-bond donors (Lipinski definition) is 0. The number of benzene rings is 1. The molecule has 0 fully saturated rings. The highest BCUT2D eigenvalue weighted by Gasteiger charge is 2.18. The summed E-state index contributed by atoms with van der Waals surface area (Å²) < 4.78 is 0. The number of rotatable bonds is 7. The smallest absolute Gasteiger partial charge is 0.224 e. The van der Waals surface area contributed by atoms with Gasteiger partial charge in [0.25, 0.3) is 0 Å². The lowest BCUT2D eigenvalue weighted by Gasteiger charge is -2.24. The Kier molecular flexibility index (Phi) is 7.42. The van der Waals surface area contributed by atoms with E-state index in [4.69, 9.17) is 23.2 Å². The van der Waals surface area contributed by atoms with Gasteiger partial charge in [0, 0.05) is 50.9 Å². The van der Waals surface area contributed by atoms with Gasteiger partial charge < -0.3 is 9.80 Å². The number of carbonyl (C=O) groups is 2. The van der Waals surface area contributed by atoms with Gasteiger partial charge in [-0.1, -0.05) is 23.2 Å². The molecule has 1 aromatic carbocycles. The number of nitrogens with zero attached hydrogens (tertiary/aromatic N) is 3. The number of hydrogen-bond acceptors (Lipinski definition) is 3. The summed E-state index contributed by atoms with van der Waals surface area (Å²) in [6.45, 7) is 2.31. The highest BCUT2D eigenvalue weighted by atomic mass is 35.5. The molecule has 1 aromatic heterocycles. The van der Waals surface area contributed by atoms with Gasteiger partial charge in [-0.3, -0.25) is 14.6 Å². The van der Waals surface area contributed by atoms with Gasteiger partial charge in [-0.2, -0.15) is 0 Å². The summed E-state index contributed by atoms with van der Waals surface area (Å²) in [5.41, 5.74) is 1.67. The van der Waals surface area contributed by atoms with E-state index in [1.165, 1.54) is 11.8 Å². The summed E-state index contributed by atoms with van der Waals surface area (Å²) in [4.78, 5) is 31.5. The summed E-state index contributed by atoms with van der Waals surface area (Å²) in [5.74, 6) is -0.211. The Morgan fingerprint density at radius 3 is 2.38 bits per heavy atom. The average molecular weight is 394 g/mol. The molecule has 0 unspecified atom stereocenters. The fourth-order valence-electron chi connectivity index (χ4n) is 2.52. The molecule has 2 aromatic rings. The molecule has 138 valence electrons. The maximum absolute atomic E-state index is 12.4. The molecule has 0 aliphatic carbocycles. The molecule has 0 saturated heterocycles. The molecule has 1 heterocycles. The van der Waals surface area contributed by atoms with Crippen molar-refractivity contribution in [1.82, 2.24) is 9.88 Å². The van der Waals surface area contributed by atoms with Crippen molar-refractivity contribution in [3.8, 4) is 0 Å². The van der Waals surface area contributed by atoms with E-state index in [0.717, 1.165) is 12.0 Å². The van der Waals surface area contributed by atoms with Crippen LogP contribution < -0.4 is 4.90 Å². The van der Waals surface area contributed by atoms with Crippen molar-refractivity contribution in [2.24, 2.45) is 0 Å². The maximum Gasteiger partial charge on any atom is 0.224 e. The van der Waals surface area contributed by atoms with Crippen LogP contribution in [0.5, 0.6) is 0 Å². The van der Waals surface area contributed by atoms with Crippen LogP contribution in [0.1, 0.15) is 18.9 Å². The third-order valence-corrected chi connectivity index (χ3v) is 4.58. The van der Waals surface area contributed by atoms with Crippen LogP contribution in [0.4, 0.5) is 5.69 Å². The molecule has 0 spiro atoms. The largest absolute Gasteiger partial charge is 0.345 e. The highest BCUT2D eigenvalue weighted by molar-refractivity contribution is 6.36. The molecule has 0 saturated carbocycles. The van der Waals surface area contributed by atoms with Crippen LogP contribution in [0.3, 0.4) is 0 Å². The zero-order valence-electron chi connectivity index (χ0n) is 14.8. The summed E-state index contributed by atoms with van der Waals surface area (Å²) >= 11 is 12.1. The summed E-state index contributed by atoms with van der Waals surface area (Å²) in [6.07, 6.45) is 4.44. The van der Waals surface area contributed by atoms with E-state index in [1.807, 2.05) is 12.1 Å². The normalized spacial score (nSPS) is 10.5. The Morgan fingerprint density at radius 1 is 1.08 bits per heavy atom. The van der Waals surface area contributed by atoms with Crippen molar-refractivity contribution in [2.75, 3.05) is 25.0 Å². The highest BCUT2D eigenvalue weighted by Crippen LogP contribution is 2.29. The SMILES string of the molecule is CC(=O)N(CCC(=O)N(C)CCc1ccncc1)c1ccc(Cl)cc1Cl. The summed E-state index contributed by atoms with van der Waals surface area (Å²) in [5, 5.41) is 0.875. The van der Waals surface area contributed by atoms with E-state index < -0.39 is 0 Å². The van der Waals surface area contributed by atoms with E-state index >= 15 is 0 Å². The Labute approximate surface area is 163 Å². The van der Waals surface area contributed by atoms with Gasteiger partial charge in [0.05, 0.1) is 10.7 Å². The molecule has 5 nitrogen and oxygen atoms in total. The van der Waals surface area contributed by atoms with Crippen molar-refractivity contribution in [2.45, 2.75) is 19.8 Å². The van der Waals surface area contributed by atoms with Gasteiger partial charge in [0.1, 0.15) is 0 Å². The van der Waals surface area contributed by atoms with Crippen LogP contribution in [-0.2, 0) is 16.0 Å². The number of aromatic nitrogens is 1. The third-order valence-electron chi connectivity index (χ3n) is 4.04. The predicted octanol–water partition coefficient (Wildman–Crippen LogP) is 3.83. The molecule has 7 heteroatoms. The quantitative estimate of drug-likeness (QED) is 0.717. The standard InChI is InChI=1S/C19H21Cl2N3O2/c1-14(25)24(18-4-3-16(20)13-17(18)21)12-8-19(26)23(2)11-7-15-5-9-22-10-6-15/h3-6,9-10,13H,7-8,11-12H2,1-2H3. The topological polar surface area (TPSA) is 53.5 Å². The molecular weight excluding hydrogens is 373 g/mol. The molecule has 0 N–H and O–H groups in total. The second-order valence-corrected chi connectivity index (χ2v) is 6.78. The van der Waals surface area contributed by atoms with Crippen molar-refractivity contribution in [3.63, 3.8) is 0 Å². The van der Waals surface area contributed by atoms with Gasteiger partial charge in [-0.05, 0) is 42.3 Å². The van der Waals surface area contributed by atoms with Crippen molar-refractivity contribution in [1.29, 1.82) is 0 Å². The molecule has 0 bridgehead atoms. The number of anilines is 1. The molecule has 2 amide bonds. The van der Waals surface area contributed by atoms with Gasteiger partial charge in [-0.15, -0.1) is 0 Å². The lowest BCUT2D eigenvalue weighted by Crippen LogP contribution is -2.35. The van der Waals surface area contributed by atoms with Gasteiger partial charge >= 0.3 is 0 Å². The van der Waals surface area contributed by atoms with Gasteiger partial charge in [0.2, 0.25) is 11.8 Å². The Morgan fingerprint density at radius 2 is 1.77 bits per heavy atom. The third kappa shape index (κ3) is 5.71. The lowest BCUT2D eigenvalue weighted by atomic mass is 10.2. The van der Waals surface area contributed by atoms with E-state index in [9.17, 15) is 9.59 Å². The van der Waals surface area contributed by atoms with E-state index in [1.54, 1.807) is 42.5 Å². The summed E-state index contributed by atoms with van der Waals surface area (Å²) in [6, 6.07) is 8.79. The molecule has 26 heavy (non-hydrogen) atoms. The van der Waals surface area contributed by atoms with Crippen LogP contribution in [0, 0.1) is 0 Å². The first-order valence-electron chi connectivity index (χ1n) is 8.24. The van der Waals surface area contributed by atoms with E-state index in [0.29, 0.717) is 22.3 Å². The fourth-order valence-corrected chi connectivity index (χ4v) is 3.03. The fraction of sp³-hybridized carbons (Fsp3) is 0.316. The molecule has 2 rings (SSSR count). The average Bonchev–Trinajstić information content (AvgIpc) is 2.61. The molecule has 0 aliphatic heterocycles. The lowest BCUT2D eigenvalue weighted by molar-refractivity contribution is -0.129. The molecule has 0 atom stereocenters. The Hall–Kier alpha value is -2.11. The first-order valence-corrected chi connectivity index (χ1v) is 9.00. The summed E-state index contributed by atoms with van der Waals surface area (Å²) in [7, 11) is 1.76.